The van der Waals surface area contributed by atoms with Gasteiger partial charge in [0.25, 0.3) is 0 Å². The maximum atomic E-state index is 2.39. The highest BCUT2D eigenvalue weighted by atomic mass is 14.3. The van der Waals surface area contributed by atoms with Gasteiger partial charge < -0.3 is 0 Å². The molecule has 1 saturated carbocycles. The van der Waals surface area contributed by atoms with Gasteiger partial charge >= 0.3 is 0 Å². The molecular weight excluding hydrogens is 288 g/mol. The zero-order valence-electron chi connectivity index (χ0n) is 18.0. The minimum atomic E-state index is 0.980. The molecule has 0 N–H and O–H groups in total. The van der Waals surface area contributed by atoms with Crippen molar-refractivity contribution in [2.75, 3.05) is 0 Å². The van der Waals surface area contributed by atoms with Gasteiger partial charge in [-0.25, -0.2) is 0 Å². The predicted octanol–water partition coefficient (Wildman–Crippen LogP) is 9.18. The lowest BCUT2D eigenvalue weighted by molar-refractivity contribution is 0.220. The summed E-state index contributed by atoms with van der Waals surface area (Å²) in [7, 11) is 0. The second-order valence-corrected chi connectivity index (χ2v) is 8.76. The van der Waals surface area contributed by atoms with E-state index >= 15 is 0 Å². The molecule has 0 heterocycles. The molecule has 0 aromatic rings. The van der Waals surface area contributed by atoms with Crippen LogP contribution in [0.25, 0.3) is 0 Å². The Hall–Kier alpha value is 0. The van der Waals surface area contributed by atoms with Crippen molar-refractivity contribution in [1.82, 2.24) is 0 Å². The van der Waals surface area contributed by atoms with Crippen molar-refractivity contribution >= 4 is 0 Å². The Kier molecular flexibility index (Phi) is 17.8. The highest BCUT2D eigenvalue weighted by Crippen LogP contribution is 2.32. The molecular formula is C24H50. The van der Waals surface area contributed by atoms with E-state index in [-0.39, 0.29) is 0 Å². The van der Waals surface area contributed by atoms with E-state index in [0.29, 0.717) is 0 Å². The fourth-order valence-corrected chi connectivity index (χ4v) is 3.91. The van der Waals surface area contributed by atoms with Crippen molar-refractivity contribution in [3.63, 3.8) is 0 Å². The highest BCUT2D eigenvalue weighted by Gasteiger charge is 2.20. The van der Waals surface area contributed by atoms with Crippen LogP contribution in [0.5, 0.6) is 0 Å². The molecule has 0 nitrogen and oxygen atoms in total. The maximum Gasteiger partial charge on any atom is -0.0414 e. The van der Waals surface area contributed by atoms with Crippen LogP contribution in [-0.2, 0) is 0 Å². The molecule has 1 rings (SSSR count). The fraction of sp³-hybridized carbons (Fsp3) is 1.00. The van der Waals surface area contributed by atoms with Crippen LogP contribution in [0.1, 0.15) is 137 Å². The van der Waals surface area contributed by atoms with Crippen molar-refractivity contribution in [1.29, 1.82) is 0 Å². The van der Waals surface area contributed by atoms with Gasteiger partial charge in [-0.2, -0.15) is 0 Å². The molecule has 0 bridgehead atoms. The molecule has 146 valence electrons. The molecule has 0 aromatic carbocycles. The van der Waals surface area contributed by atoms with Gasteiger partial charge in [-0.05, 0) is 24.2 Å². The molecule has 0 radical (unpaired) electrons. The first kappa shape index (κ1) is 24.0. The maximum absolute atomic E-state index is 2.39. The van der Waals surface area contributed by atoms with Crippen molar-refractivity contribution in [2.45, 2.75) is 137 Å². The third-order valence-corrected chi connectivity index (χ3v) is 6.07. The van der Waals surface area contributed by atoms with Crippen LogP contribution in [0.15, 0.2) is 0 Å². The van der Waals surface area contributed by atoms with E-state index in [1.165, 1.54) is 103 Å². The van der Waals surface area contributed by atoms with Gasteiger partial charge in [0.1, 0.15) is 0 Å². The summed E-state index contributed by atoms with van der Waals surface area (Å²) in [6.45, 7) is 11.7. The second kappa shape index (κ2) is 17.8. The largest absolute Gasteiger partial charge is 0.0654 e. The zero-order valence-corrected chi connectivity index (χ0v) is 18.0. The summed E-state index contributed by atoms with van der Waals surface area (Å²) in [5, 5.41) is 0. The third-order valence-electron chi connectivity index (χ3n) is 6.07. The van der Waals surface area contributed by atoms with E-state index in [1.807, 2.05) is 0 Å². The lowest BCUT2D eigenvalue weighted by Crippen LogP contribution is -2.18. The Balaban J connectivity index is 0.000000496. The standard InChI is InChI=1S/C15H32.C9H18/c1-3-5-7-9-11-13-15-14-12-10-8-6-4-2;1-7-4-5-8(2)9(3)6-7/h3-15H2,1-2H3;7-9H,4-6H2,1-3H3. The highest BCUT2D eigenvalue weighted by molar-refractivity contribution is 4.72. The van der Waals surface area contributed by atoms with Crippen LogP contribution in [0, 0.1) is 17.8 Å². The van der Waals surface area contributed by atoms with Crippen LogP contribution < -0.4 is 0 Å². The fourth-order valence-electron chi connectivity index (χ4n) is 3.91. The van der Waals surface area contributed by atoms with E-state index in [9.17, 15) is 0 Å². The number of hydrogen-bond donors (Lipinski definition) is 0. The van der Waals surface area contributed by atoms with Gasteiger partial charge in [0.15, 0.2) is 0 Å². The summed E-state index contributed by atoms with van der Waals surface area (Å²) < 4.78 is 0. The molecule has 1 aliphatic rings. The topological polar surface area (TPSA) is 0 Å². The number of unbranched alkanes of at least 4 members (excludes halogenated alkanes) is 12. The van der Waals surface area contributed by atoms with Gasteiger partial charge in [-0.15, -0.1) is 0 Å². The average Bonchev–Trinajstić information content (AvgIpc) is 2.57. The third kappa shape index (κ3) is 15.5. The molecule has 0 amide bonds. The second-order valence-electron chi connectivity index (χ2n) is 8.76. The summed E-state index contributed by atoms with van der Waals surface area (Å²) in [4.78, 5) is 0. The van der Waals surface area contributed by atoms with E-state index < -0.39 is 0 Å². The van der Waals surface area contributed by atoms with Crippen LogP contribution in [0.3, 0.4) is 0 Å². The van der Waals surface area contributed by atoms with E-state index in [0.717, 1.165) is 17.8 Å². The predicted molar refractivity (Wildman–Crippen MR) is 113 cm³/mol. The Morgan fingerprint density at radius 1 is 0.500 bits per heavy atom. The van der Waals surface area contributed by atoms with Crippen LogP contribution in [0.4, 0.5) is 0 Å². The Morgan fingerprint density at radius 3 is 1.17 bits per heavy atom. The smallest absolute Gasteiger partial charge is 0.0414 e. The van der Waals surface area contributed by atoms with Crippen molar-refractivity contribution in [3.05, 3.63) is 0 Å². The molecule has 0 aliphatic heterocycles. The quantitative estimate of drug-likeness (QED) is 0.311. The summed E-state index contributed by atoms with van der Waals surface area (Å²) >= 11 is 0. The van der Waals surface area contributed by atoms with Crippen LogP contribution in [0.2, 0.25) is 0 Å². The van der Waals surface area contributed by atoms with Gasteiger partial charge in [-0.1, -0.05) is 131 Å². The number of rotatable bonds is 12. The molecule has 1 aliphatic carbocycles. The average molecular weight is 339 g/mol. The molecule has 3 unspecified atom stereocenters. The Labute approximate surface area is 155 Å². The van der Waals surface area contributed by atoms with Gasteiger partial charge in [-0.3, -0.25) is 0 Å². The van der Waals surface area contributed by atoms with Gasteiger partial charge in [0.05, 0.1) is 0 Å². The molecule has 24 heavy (non-hydrogen) atoms. The van der Waals surface area contributed by atoms with Gasteiger partial charge in [0.2, 0.25) is 0 Å². The lowest BCUT2D eigenvalue weighted by Gasteiger charge is -2.29. The normalized spacial score (nSPS) is 23.6. The summed E-state index contributed by atoms with van der Waals surface area (Å²) in [5.41, 5.74) is 0. The first-order chi connectivity index (χ1) is 11.6. The first-order valence-electron chi connectivity index (χ1n) is 11.6. The summed E-state index contributed by atoms with van der Waals surface area (Å²) in [6.07, 6.45) is 23.3. The molecule has 0 spiro atoms. The molecule has 3 atom stereocenters. The van der Waals surface area contributed by atoms with E-state index in [2.05, 4.69) is 34.6 Å². The number of hydrogen-bond acceptors (Lipinski definition) is 0. The lowest BCUT2D eigenvalue weighted by atomic mass is 9.77. The minimum Gasteiger partial charge on any atom is -0.0654 e. The molecule has 1 fully saturated rings. The van der Waals surface area contributed by atoms with E-state index in [4.69, 9.17) is 0 Å². The Morgan fingerprint density at radius 2 is 0.875 bits per heavy atom. The summed E-state index contributed by atoms with van der Waals surface area (Å²) in [6, 6.07) is 0. The van der Waals surface area contributed by atoms with Crippen molar-refractivity contribution in [2.24, 2.45) is 17.8 Å². The SMILES string of the molecule is CC1CCC(C)C(C)C1.CCCCCCCCCCCCCCC. The van der Waals surface area contributed by atoms with E-state index in [1.54, 1.807) is 0 Å². The van der Waals surface area contributed by atoms with Crippen LogP contribution >= 0.6 is 0 Å². The minimum absolute atomic E-state index is 0.980. The van der Waals surface area contributed by atoms with Crippen molar-refractivity contribution < 1.29 is 0 Å². The Bertz CT molecular complexity index is 220. The summed E-state index contributed by atoms with van der Waals surface area (Å²) in [5.74, 6) is 2.96. The first-order valence-corrected chi connectivity index (χ1v) is 11.6. The van der Waals surface area contributed by atoms with Crippen molar-refractivity contribution in [3.8, 4) is 0 Å². The zero-order chi connectivity index (χ0) is 18.0. The molecule has 0 aromatic heterocycles. The monoisotopic (exact) mass is 338 g/mol. The molecule has 0 heteroatoms. The molecule has 0 saturated heterocycles. The van der Waals surface area contributed by atoms with Gasteiger partial charge in [0, 0.05) is 0 Å². The van der Waals surface area contributed by atoms with Crippen LogP contribution in [-0.4, -0.2) is 0 Å².